The Morgan fingerprint density at radius 2 is 1.76 bits per heavy atom. The van der Waals surface area contributed by atoms with Gasteiger partial charge in [0.2, 0.25) is 0 Å². The molecule has 0 aliphatic carbocycles. The van der Waals surface area contributed by atoms with E-state index in [-0.39, 0.29) is 12.4 Å². The maximum Gasteiger partial charge on any atom is 0.279 e. The van der Waals surface area contributed by atoms with Gasteiger partial charge in [0.15, 0.2) is 0 Å². The van der Waals surface area contributed by atoms with Crippen molar-refractivity contribution in [2.75, 3.05) is 32.7 Å². The number of piperidine rings is 1. The number of nitrogens with zero attached hydrogens (tertiary/aromatic N) is 1. The molecular weight excluding hydrogens is 262 g/mol. The molecule has 1 heterocycles. The first-order valence-electron chi connectivity index (χ1n) is 6.05. The number of rotatable bonds is 6. The minimum atomic E-state index is -3.21. The highest BCUT2D eigenvalue weighted by Crippen LogP contribution is 2.18. The first-order chi connectivity index (χ1) is 7.60. The Hall–Kier alpha value is 0.120. The lowest BCUT2D eigenvalue weighted by atomic mass is 9.98. The normalized spacial score (nSPS) is 18.9. The number of halogens is 1. The van der Waals surface area contributed by atoms with Crippen molar-refractivity contribution < 1.29 is 8.42 Å². The maximum atomic E-state index is 11.7. The average molecular weight is 286 g/mol. The molecule has 1 rings (SSSR count). The fourth-order valence-electron chi connectivity index (χ4n) is 1.98. The van der Waals surface area contributed by atoms with Crippen molar-refractivity contribution in [2.45, 2.75) is 26.7 Å². The van der Waals surface area contributed by atoms with Crippen LogP contribution in [0.5, 0.6) is 0 Å². The number of hydrogen-bond acceptors (Lipinski definition) is 3. The largest absolute Gasteiger partial charge is 0.317 e. The van der Waals surface area contributed by atoms with E-state index in [1.807, 2.05) is 0 Å². The Labute approximate surface area is 111 Å². The summed E-state index contributed by atoms with van der Waals surface area (Å²) >= 11 is 0. The molecule has 0 spiro atoms. The monoisotopic (exact) mass is 285 g/mol. The summed E-state index contributed by atoms with van der Waals surface area (Å²) in [4.78, 5) is 0. The summed E-state index contributed by atoms with van der Waals surface area (Å²) < 4.78 is 27.5. The third kappa shape index (κ3) is 5.52. The van der Waals surface area contributed by atoms with Gasteiger partial charge >= 0.3 is 0 Å². The van der Waals surface area contributed by atoms with Gasteiger partial charge in [-0.3, -0.25) is 0 Å². The molecule has 0 amide bonds. The first kappa shape index (κ1) is 17.1. The highest BCUT2D eigenvalue weighted by atomic mass is 35.5. The third-order valence-corrected chi connectivity index (χ3v) is 4.62. The van der Waals surface area contributed by atoms with Crippen LogP contribution in [0.15, 0.2) is 0 Å². The second kappa shape index (κ2) is 8.26. The summed E-state index contributed by atoms with van der Waals surface area (Å²) in [6.07, 6.45) is 1.91. The SMILES string of the molecule is CCNCC1CCN(S(=O)(=O)NCC)CC1.Cl. The fraction of sp³-hybridized carbons (Fsp3) is 1.00. The summed E-state index contributed by atoms with van der Waals surface area (Å²) in [5, 5.41) is 3.31. The molecule has 2 N–H and O–H groups in total. The molecule has 0 saturated carbocycles. The summed E-state index contributed by atoms with van der Waals surface area (Å²) in [6, 6.07) is 0. The Morgan fingerprint density at radius 1 is 1.18 bits per heavy atom. The van der Waals surface area contributed by atoms with Crippen molar-refractivity contribution in [1.29, 1.82) is 0 Å². The molecule has 0 unspecified atom stereocenters. The molecule has 0 bridgehead atoms. The van der Waals surface area contributed by atoms with Crippen LogP contribution >= 0.6 is 12.4 Å². The van der Waals surface area contributed by atoms with Crippen LogP contribution < -0.4 is 10.0 Å². The smallest absolute Gasteiger partial charge is 0.279 e. The van der Waals surface area contributed by atoms with Crippen LogP contribution in [0.3, 0.4) is 0 Å². The van der Waals surface area contributed by atoms with Crippen molar-refractivity contribution in [3.8, 4) is 0 Å². The lowest BCUT2D eigenvalue weighted by Gasteiger charge is -2.31. The Balaban J connectivity index is 0.00000256. The van der Waals surface area contributed by atoms with E-state index in [0.717, 1.165) is 25.9 Å². The molecule has 1 saturated heterocycles. The van der Waals surface area contributed by atoms with Crippen LogP contribution in [0, 0.1) is 5.92 Å². The molecule has 0 atom stereocenters. The van der Waals surface area contributed by atoms with Gasteiger partial charge in [0.1, 0.15) is 0 Å². The predicted molar refractivity (Wildman–Crippen MR) is 72.7 cm³/mol. The topological polar surface area (TPSA) is 61.4 Å². The van der Waals surface area contributed by atoms with Gasteiger partial charge in [-0.15, -0.1) is 12.4 Å². The molecule has 0 aromatic carbocycles. The lowest BCUT2D eigenvalue weighted by molar-refractivity contribution is 0.266. The minimum Gasteiger partial charge on any atom is -0.317 e. The Kier molecular flexibility index (Phi) is 8.32. The van der Waals surface area contributed by atoms with Crippen molar-refractivity contribution in [3.05, 3.63) is 0 Å². The van der Waals surface area contributed by atoms with Gasteiger partial charge in [0.25, 0.3) is 10.2 Å². The van der Waals surface area contributed by atoms with Gasteiger partial charge in [-0.2, -0.15) is 12.7 Å². The molecule has 17 heavy (non-hydrogen) atoms. The zero-order chi connectivity index (χ0) is 12.0. The van der Waals surface area contributed by atoms with Crippen molar-refractivity contribution in [2.24, 2.45) is 5.92 Å². The summed E-state index contributed by atoms with van der Waals surface area (Å²) in [5.74, 6) is 0.619. The van der Waals surface area contributed by atoms with Crippen LogP contribution in [0.4, 0.5) is 0 Å². The quantitative estimate of drug-likeness (QED) is 0.751. The molecule has 1 aliphatic rings. The van der Waals surface area contributed by atoms with E-state index in [4.69, 9.17) is 0 Å². The standard InChI is InChI=1S/C10H23N3O2S.ClH/c1-3-11-9-10-5-7-13(8-6-10)16(14,15)12-4-2;/h10-12H,3-9H2,1-2H3;1H. The average Bonchev–Trinajstić information content (AvgIpc) is 2.27. The highest BCUT2D eigenvalue weighted by Gasteiger charge is 2.26. The van der Waals surface area contributed by atoms with Crippen LogP contribution in [-0.2, 0) is 10.2 Å². The van der Waals surface area contributed by atoms with E-state index in [0.29, 0.717) is 25.6 Å². The zero-order valence-corrected chi connectivity index (χ0v) is 12.2. The van der Waals surface area contributed by atoms with Gasteiger partial charge in [-0.05, 0) is 31.8 Å². The Bertz CT molecular complexity index is 290. The van der Waals surface area contributed by atoms with Gasteiger partial charge < -0.3 is 5.32 Å². The van der Waals surface area contributed by atoms with Crippen molar-refractivity contribution in [3.63, 3.8) is 0 Å². The van der Waals surface area contributed by atoms with E-state index < -0.39 is 10.2 Å². The molecule has 0 aromatic heterocycles. The maximum absolute atomic E-state index is 11.7. The molecular formula is C10H24ClN3O2S. The van der Waals surface area contributed by atoms with Crippen LogP contribution in [-0.4, -0.2) is 45.4 Å². The molecule has 104 valence electrons. The third-order valence-electron chi connectivity index (χ3n) is 2.92. The van der Waals surface area contributed by atoms with Crippen LogP contribution in [0.1, 0.15) is 26.7 Å². The zero-order valence-electron chi connectivity index (χ0n) is 10.6. The number of hydrogen-bond donors (Lipinski definition) is 2. The van der Waals surface area contributed by atoms with E-state index in [1.54, 1.807) is 11.2 Å². The van der Waals surface area contributed by atoms with Gasteiger partial charge in [-0.1, -0.05) is 13.8 Å². The molecule has 5 nitrogen and oxygen atoms in total. The molecule has 0 aromatic rings. The van der Waals surface area contributed by atoms with E-state index >= 15 is 0 Å². The lowest BCUT2D eigenvalue weighted by Crippen LogP contribution is -2.46. The fourth-order valence-corrected chi connectivity index (χ4v) is 3.21. The molecule has 1 fully saturated rings. The van der Waals surface area contributed by atoms with Gasteiger partial charge in [0.05, 0.1) is 0 Å². The summed E-state index contributed by atoms with van der Waals surface area (Å²) in [7, 11) is -3.21. The summed E-state index contributed by atoms with van der Waals surface area (Å²) in [6.45, 7) is 7.62. The van der Waals surface area contributed by atoms with Crippen LogP contribution in [0.25, 0.3) is 0 Å². The van der Waals surface area contributed by atoms with Crippen molar-refractivity contribution >= 4 is 22.6 Å². The minimum absolute atomic E-state index is 0. The molecule has 1 aliphatic heterocycles. The van der Waals surface area contributed by atoms with E-state index in [1.165, 1.54) is 0 Å². The summed E-state index contributed by atoms with van der Waals surface area (Å²) in [5.41, 5.74) is 0. The van der Waals surface area contributed by atoms with Gasteiger partial charge in [0, 0.05) is 19.6 Å². The molecule has 7 heteroatoms. The van der Waals surface area contributed by atoms with Crippen LogP contribution in [0.2, 0.25) is 0 Å². The number of nitrogens with one attached hydrogen (secondary N) is 2. The Morgan fingerprint density at radius 3 is 2.24 bits per heavy atom. The van der Waals surface area contributed by atoms with Crippen molar-refractivity contribution in [1.82, 2.24) is 14.3 Å². The molecule has 0 radical (unpaired) electrons. The second-order valence-corrected chi connectivity index (χ2v) is 5.91. The van der Waals surface area contributed by atoms with Gasteiger partial charge in [-0.25, -0.2) is 4.72 Å². The highest BCUT2D eigenvalue weighted by molar-refractivity contribution is 7.87. The first-order valence-corrected chi connectivity index (χ1v) is 7.49. The second-order valence-electron chi connectivity index (χ2n) is 4.15. The predicted octanol–water partition coefficient (Wildman–Crippen LogP) is 0.584. The van der Waals surface area contributed by atoms with E-state index in [2.05, 4.69) is 17.0 Å². The van der Waals surface area contributed by atoms with E-state index in [9.17, 15) is 8.42 Å².